The van der Waals surface area contributed by atoms with E-state index in [-0.39, 0.29) is 5.82 Å². The van der Waals surface area contributed by atoms with Crippen molar-refractivity contribution in [2.45, 2.75) is 0 Å². The Bertz CT molecular complexity index is 696. The Balaban J connectivity index is 2.49. The molecular formula is C11H7FN4. The molecule has 2 aromatic heterocycles. The number of rotatable bonds is 0. The van der Waals surface area contributed by atoms with E-state index in [1.165, 1.54) is 18.5 Å². The molecule has 0 aliphatic rings. The first kappa shape index (κ1) is 8.96. The van der Waals surface area contributed by atoms with E-state index in [1.54, 1.807) is 12.1 Å². The van der Waals surface area contributed by atoms with E-state index in [9.17, 15) is 4.39 Å². The number of aromatic nitrogens is 3. The number of hydrogen-bond donors (Lipinski definition) is 1. The summed E-state index contributed by atoms with van der Waals surface area (Å²) in [5.41, 5.74) is 6.91. The highest BCUT2D eigenvalue weighted by molar-refractivity contribution is 5.95. The molecule has 0 atom stereocenters. The smallest absolute Gasteiger partial charge is 0.165 e. The molecule has 0 saturated heterocycles. The van der Waals surface area contributed by atoms with E-state index in [0.29, 0.717) is 27.8 Å². The molecule has 2 heterocycles. The number of pyridine rings is 1. The van der Waals surface area contributed by atoms with Gasteiger partial charge in [-0.2, -0.15) is 0 Å². The zero-order chi connectivity index (χ0) is 11.1. The number of benzene rings is 1. The summed E-state index contributed by atoms with van der Waals surface area (Å²) in [7, 11) is 0. The number of nitrogen functional groups attached to an aromatic ring is 1. The fourth-order valence-electron chi connectivity index (χ4n) is 1.64. The van der Waals surface area contributed by atoms with Crippen LogP contribution in [0.15, 0.2) is 30.6 Å². The molecule has 3 rings (SSSR count). The summed E-state index contributed by atoms with van der Waals surface area (Å²) in [4.78, 5) is 12.2. The van der Waals surface area contributed by atoms with Gasteiger partial charge in [0.2, 0.25) is 0 Å². The van der Waals surface area contributed by atoms with Gasteiger partial charge in [0.15, 0.2) is 5.65 Å². The number of halogens is 1. The Kier molecular flexibility index (Phi) is 1.73. The summed E-state index contributed by atoms with van der Waals surface area (Å²) in [6, 6.07) is 6.14. The van der Waals surface area contributed by atoms with Crippen LogP contribution in [0.4, 0.5) is 10.2 Å². The van der Waals surface area contributed by atoms with Crippen LogP contribution in [0.3, 0.4) is 0 Å². The lowest BCUT2D eigenvalue weighted by atomic mass is 10.2. The third kappa shape index (κ3) is 1.25. The SMILES string of the molecule is Nc1ncnc2nc3ccc(F)cc3cc12. The lowest BCUT2D eigenvalue weighted by Crippen LogP contribution is -1.95. The van der Waals surface area contributed by atoms with Gasteiger partial charge in [0, 0.05) is 5.39 Å². The fraction of sp³-hybridized carbons (Fsp3) is 0. The second-order valence-corrected chi connectivity index (χ2v) is 3.46. The van der Waals surface area contributed by atoms with Crippen molar-refractivity contribution in [2.24, 2.45) is 0 Å². The largest absolute Gasteiger partial charge is 0.383 e. The molecule has 0 bridgehead atoms. The number of nitrogens with zero attached hydrogens (tertiary/aromatic N) is 3. The van der Waals surface area contributed by atoms with Gasteiger partial charge < -0.3 is 5.73 Å². The van der Waals surface area contributed by atoms with Gasteiger partial charge in [-0.3, -0.25) is 0 Å². The molecule has 4 nitrogen and oxygen atoms in total. The van der Waals surface area contributed by atoms with Gasteiger partial charge in [0.1, 0.15) is 18.0 Å². The quantitative estimate of drug-likeness (QED) is 0.580. The number of anilines is 1. The Morgan fingerprint density at radius 1 is 1.12 bits per heavy atom. The minimum Gasteiger partial charge on any atom is -0.383 e. The molecule has 0 spiro atoms. The van der Waals surface area contributed by atoms with Crippen LogP contribution in [-0.4, -0.2) is 15.0 Å². The number of fused-ring (bicyclic) bond motifs is 2. The van der Waals surface area contributed by atoms with Crippen LogP contribution in [-0.2, 0) is 0 Å². The minimum atomic E-state index is -0.302. The maximum Gasteiger partial charge on any atom is 0.165 e. The van der Waals surface area contributed by atoms with Crippen molar-refractivity contribution in [3.05, 3.63) is 36.4 Å². The topological polar surface area (TPSA) is 64.7 Å². The Labute approximate surface area is 90.0 Å². The van der Waals surface area contributed by atoms with Crippen molar-refractivity contribution in [3.8, 4) is 0 Å². The van der Waals surface area contributed by atoms with Crippen LogP contribution in [0.25, 0.3) is 21.9 Å². The monoisotopic (exact) mass is 214 g/mol. The molecule has 0 fully saturated rings. The van der Waals surface area contributed by atoms with E-state index in [2.05, 4.69) is 15.0 Å². The van der Waals surface area contributed by atoms with Crippen molar-refractivity contribution in [3.63, 3.8) is 0 Å². The maximum atomic E-state index is 13.0. The first-order chi connectivity index (χ1) is 7.74. The second-order valence-electron chi connectivity index (χ2n) is 3.46. The molecule has 0 radical (unpaired) electrons. The van der Waals surface area contributed by atoms with Crippen LogP contribution in [0.2, 0.25) is 0 Å². The van der Waals surface area contributed by atoms with Gasteiger partial charge in [0.25, 0.3) is 0 Å². The van der Waals surface area contributed by atoms with Crippen LogP contribution >= 0.6 is 0 Å². The Morgan fingerprint density at radius 2 is 2.00 bits per heavy atom. The summed E-state index contributed by atoms with van der Waals surface area (Å²) in [6.07, 6.45) is 1.36. The zero-order valence-corrected chi connectivity index (χ0v) is 8.18. The van der Waals surface area contributed by atoms with Gasteiger partial charge in [-0.1, -0.05) is 0 Å². The zero-order valence-electron chi connectivity index (χ0n) is 8.18. The van der Waals surface area contributed by atoms with Crippen molar-refractivity contribution in [1.29, 1.82) is 0 Å². The molecule has 0 aliphatic carbocycles. The summed E-state index contributed by atoms with van der Waals surface area (Å²) in [6.45, 7) is 0. The van der Waals surface area contributed by atoms with E-state index >= 15 is 0 Å². The lowest BCUT2D eigenvalue weighted by molar-refractivity contribution is 0.629. The highest BCUT2D eigenvalue weighted by atomic mass is 19.1. The van der Waals surface area contributed by atoms with Crippen LogP contribution in [0.1, 0.15) is 0 Å². The van der Waals surface area contributed by atoms with Gasteiger partial charge in [-0.05, 0) is 24.3 Å². The summed E-state index contributed by atoms with van der Waals surface area (Å²) < 4.78 is 13.0. The summed E-state index contributed by atoms with van der Waals surface area (Å²) in [5.74, 6) is 0.0488. The van der Waals surface area contributed by atoms with Crippen molar-refractivity contribution < 1.29 is 4.39 Å². The normalized spacial score (nSPS) is 11.1. The molecule has 78 valence electrons. The van der Waals surface area contributed by atoms with Gasteiger partial charge in [0.05, 0.1) is 10.9 Å². The standard InChI is InChI=1S/C11H7FN4/c12-7-1-2-9-6(3-7)4-8-10(13)14-5-15-11(8)16-9/h1-5H,(H2,13,14,15,16). The van der Waals surface area contributed by atoms with Crippen molar-refractivity contribution >= 4 is 27.8 Å². The second kappa shape index (κ2) is 3.10. The third-order valence-electron chi connectivity index (χ3n) is 2.41. The molecule has 0 unspecified atom stereocenters. The fourth-order valence-corrected chi connectivity index (χ4v) is 1.64. The molecule has 3 aromatic rings. The minimum absolute atomic E-state index is 0.302. The average Bonchev–Trinajstić information content (AvgIpc) is 2.28. The van der Waals surface area contributed by atoms with E-state index in [0.717, 1.165) is 0 Å². The van der Waals surface area contributed by atoms with Crippen molar-refractivity contribution in [2.75, 3.05) is 5.73 Å². The van der Waals surface area contributed by atoms with Gasteiger partial charge in [-0.25, -0.2) is 19.3 Å². The predicted molar refractivity (Wildman–Crippen MR) is 59.2 cm³/mol. The van der Waals surface area contributed by atoms with Crippen LogP contribution < -0.4 is 5.73 Å². The first-order valence-corrected chi connectivity index (χ1v) is 4.70. The van der Waals surface area contributed by atoms with Crippen molar-refractivity contribution in [1.82, 2.24) is 15.0 Å². The van der Waals surface area contributed by atoms with Gasteiger partial charge >= 0.3 is 0 Å². The third-order valence-corrected chi connectivity index (χ3v) is 2.41. The van der Waals surface area contributed by atoms with Crippen LogP contribution in [0.5, 0.6) is 0 Å². The van der Waals surface area contributed by atoms with Gasteiger partial charge in [-0.15, -0.1) is 0 Å². The first-order valence-electron chi connectivity index (χ1n) is 4.70. The van der Waals surface area contributed by atoms with E-state index in [4.69, 9.17) is 5.73 Å². The predicted octanol–water partition coefficient (Wildman–Crippen LogP) is 1.90. The highest BCUT2D eigenvalue weighted by Crippen LogP contribution is 2.21. The Hall–Kier alpha value is -2.30. The summed E-state index contributed by atoms with van der Waals surface area (Å²) in [5, 5.41) is 1.33. The maximum absolute atomic E-state index is 13.0. The lowest BCUT2D eigenvalue weighted by Gasteiger charge is -2.02. The average molecular weight is 214 g/mol. The molecule has 5 heteroatoms. The number of hydrogen-bond acceptors (Lipinski definition) is 4. The molecule has 2 N–H and O–H groups in total. The van der Waals surface area contributed by atoms with Crippen LogP contribution in [0, 0.1) is 5.82 Å². The number of nitrogens with two attached hydrogens (primary N) is 1. The molecule has 0 amide bonds. The molecule has 0 saturated carbocycles. The van der Waals surface area contributed by atoms with E-state index in [1.807, 2.05) is 0 Å². The molecule has 16 heavy (non-hydrogen) atoms. The summed E-state index contributed by atoms with van der Waals surface area (Å²) >= 11 is 0. The van der Waals surface area contributed by atoms with E-state index < -0.39 is 0 Å². The molecular weight excluding hydrogens is 207 g/mol. The molecule has 1 aromatic carbocycles. The highest BCUT2D eigenvalue weighted by Gasteiger charge is 2.04. The Morgan fingerprint density at radius 3 is 2.88 bits per heavy atom. The molecule has 0 aliphatic heterocycles.